The maximum absolute atomic E-state index is 12.7. The molecule has 0 saturated carbocycles. The Kier molecular flexibility index (Phi) is 4.79. The Labute approximate surface area is 135 Å². The Morgan fingerprint density at radius 3 is 2.61 bits per heavy atom. The first-order valence-electron chi connectivity index (χ1n) is 8.45. The number of aryl methyl sites for hydroxylation is 2. The number of nitrogens with zero attached hydrogens (tertiary/aromatic N) is 3. The minimum absolute atomic E-state index is 0.0248. The fraction of sp³-hybridized carbons (Fsp3) is 0.588. The van der Waals surface area contributed by atoms with Crippen LogP contribution in [0.2, 0.25) is 0 Å². The Morgan fingerprint density at radius 2 is 1.87 bits per heavy atom. The zero-order valence-corrected chi connectivity index (χ0v) is 13.7. The topological polar surface area (TPSA) is 72.4 Å². The Balaban J connectivity index is 1.75. The highest BCUT2D eigenvalue weighted by molar-refractivity contribution is 5.92. The van der Waals surface area contributed by atoms with Crippen molar-refractivity contribution in [2.75, 3.05) is 6.54 Å². The Hall–Kier alpha value is -2.11. The summed E-state index contributed by atoms with van der Waals surface area (Å²) in [6.07, 6.45) is 5.52. The van der Waals surface area contributed by atoms with Crippen molar-refractivity contribution in [1.29, 1.82) is 0 Å². The monoisotopic (exact) mass is 317 g/mol. The van der Waals surface area contributed by atoms with Crippen molar-refractivity contribution in [2.24, 2.45) is 0 Å². The van der Waals surface area contributed by atoms with Crippen LogP contribution in [0.25, 0.3) is 0 Å². The van der Waals surface area contributed by atoms with Crippen LogP contribution in [0.4, 0.5) is 0 Å². The molecule has 3 rings (SSSR count). The van der Waals surface area contributed by atoms with Gasteiger partial charge in [-0.25, -0.2) is 0 Å². The second-order valence-corrected chi connectivity index (χ2v) is 6.05. The highest BCUT2D eigenvalue weighted by Gasteiger charge is 2.34. The van der Waals surface area contributed by atoms with Crippen molar-refractivity contribution in [3.63, 3.8) is 0 Å². The van der Waals surface area contributed by atoms with Gasteiger partial charge in [0, 0.05) is 31.5 Å². The van der Waals surface area contributed by atoms with Gasteiger partial charge < -0.3 is 13.9 Å². The van der Waals surface area contributed by atoms with E-state index in [4.69, 9.17) is 9.05 Å². The van der Waals surface area contributed by atoms with Crippen LogP contribution in [0.5, 0.6) is 0 Å². The van der Waals surface area contributed by atoms with Crippen molar-refractivity contribution < 1.29 is 13.8 Å². The highest BCUT2D eigenvalue weighted by Crippen LogP contribution is 2.33. The van der Waals surface area contributed by atoms with E-state index in [1.165, 1.54) is 0 Å². The molecule has 1 atom stereocenters. The van der Waals surface area contributed by atoms with Gasteiger partial charge >= 0.3 is 0 Å². The van der Waals surface area contributed by atoms with Gasteiger partial charge in [0.2, 0.25) is 0 Å². The predicted octanol–water partition coefficient (Wildman–Crippen LogP) is 3.54. The van der Waals surface area contributed by atoms with Crippen LogP contribution >= 0.6 is 0 Å². The molecular formula is C17H23N3O3. The van der Waals surface area contributed by atoms with Gasteiger partial charge in [-0.3, -0.25) is 4.79 Å². The van der Waals surface area contributed by atoms with Crippen LogP contribution in [-0.2, 0) is 12.8 Å². The molecule has 2 aromatic rings. The standard InChI is InChI=1S/C17H23N3O3/c1-3-6-12-10-14(18-22-12)16-8-5-9-20(16)17(21)15-11-13(7-4-2)23-19-15/h10-11,16H,3-9H2,1-2H3/t16-/m0/s1. The summed E-state index contributed by atoms with van der Waals surface area (Å²) < 4.78 is 10.6. The first kappa shape index (κ1) is 15.8. The number of rotatable bonds is 6. The molecule has 6 nitrogen and oxygen atoms in total. The van der Waals surface area contributed by atoms with E-state index in [2.05, 4.69) is 24.2 Å². The molecule has 0 aromatic carbocycles. The molecule has 2 aromatic heterocycles. The summed E-state index contributed by atoms with van der Waals surface area (Å²) in [5.41, 5.74) is 1.23. The molecule has 1 aliphatic rings. The third-order valence-corrected chi connectivity index (χ3v) is 4.20. The van der Waals surface area contributed by atoms with E-state index in [-0.39, 0.29) is 11.9 Å². The summed E-state index contributed by atoms with van der Waals surface area (Å²) in [5.74, 6) is 1.56. The predicted molar refractivity (Wildman–Crippen MR) is 84.0 cm³/mol. The number of hydrogen-bond donors (Lipinski definition) is 0. The average Bonchev–Trinajstić information content (AvgIpc) is 3.27. The van der Waals surface area contributed by atoms with Gasteiger partial charge in [0.1, 0.15) is 17.2 Å². The summed E-state index contributed by atoms with van der Waals surface area (Å²) in [4.78, 5) is 14.6. The summed E-state index contributed by atoms with van der Waals surface area (Å²) in [6.45, 7) is 4.89. The lowest BCUT2D eigenvalue weighted by molar-refractivity contribution is 0.0720. The maximum Gasteiger partial charge on any atom is 0.276 e. The number of carbonyl (C=O) groups is 1. The van der Waals surface area contributed by atoms with E-state index in [9.17, 15) is 4.79 Å². The fourth-order valence-electron chi connectivity index (χ4n) is 3.09. The molecule has 6 heteroatoms. The second kappa shape index (κ2) is 6.98. The average molecular weight is 317 g/mol. The van der Waals surface area contributed by atoms with Crippen LogP contribution in [0.15, 0.2) is 21.2 Å². The molecular weight excluding hydrogens is 294 g/mol. The molecule has 0 bridgehead atoms. The molecule has 0 radical (unpaired) electrons. The van der Waals surface area contributed by atoms with E-state index in [1.807, 2.05) is 11.0 Å². The lowest BCUT2D eigenvalue weighted by atomic mass is 10.1. The summed E-state index contributed by atoms with van der Waals surface area (Å²) in [6, 6.07) is 3.71. The van der Waals surface area contributed by atoms with Crippen LogP contribution < -0.4 is 0 Å². The number of amides is 1. The van der Waals surface area contributed by atoms with Gasteiger partial charge in [-0.05, 0) is 25.7 Å². The molecule has 1 amide bonds. The molecule has 0 spiro atoms. The molecule has 0 N–H and O–H groups in total. The van der Waals surface area contributed by atoms with Gasteiger partial charge in [-0.1, -0.05) is 24.2 Å². The van der Waals surface area contributed by atoms with Crippen LogP contribution in [0, 0.1) is 0 Å². The van der Waals surface area contributed by atoms with E-state index in [0.29, 0.717) is 5.69 Å². The van der Waals surface area contributed by atoms with E-state index >= 15 is 0 Å². The molecule has 23 heavy (non-hydrogen) atoms. The Morgan fingerprint density at radius 1 is 1.17 bits per heavy atom. The maximum atomic E-state index is 12.7. The molecule has 124 valence electrons. The summed E-state index contributed by atoms with van der Waals surface area (Å²) in [5, 5.41) is 8.10. The van der Waals surface area contributed by atoms with E-state index in [0.717, 1.165) is 62.3 Å². The molecule has 3 heterocycles. The SMILES string of the molecule is CCCc1cc(C(=O)N2CCC[C@H]2c2cc(CCC)on2)no1. The lowest BCUT2D eigenvalue weighted by Crippen LogP contribution is -2.30. The lowest BCUT2D eigenvalue weighted by Gasteiger charge is -2.21. The molecule has 0 unspecified atom stereocenters. The smallest absolute Gasteiger partial charge is 0.276 e. The summed E-state index contributed by atoms with van der Waals surface area (Å²) in [7, 11) is 0. The highest BCUT2D eigenvalue weighted by atomic mass is 16.5. The van der Waals surface area contributed by atoms with Crippen molar-refractivity contribution in [3.8, 4) is 0 Å². The first-order chi connectivity index (χ1) is 11.2. The molecule has 0 aliphatic carbocycles. The quantitative estimate of drug-likeness (QED) is 0.814. The van der Waals surface area contributed by atoms with Gasteiger partial charge in [0.05, 0.1) is 6.04 Å². The number of likely N-dealkylation sites (tertiary alicyclic amines) is 1. The molecule has 1 aliphatic heterocycles. The van der Waals surface area contributed by atoms with E-state index < -0.39 is 0 Å². The van der Waals surface area contributed by atoms with Crippen molar-refractivity contribution >= 4 is 5.91 Å². The zero-order chi connectivity index (χ0) is 16.2. The van der Waals surface area contributed by atoms with Crippen LogP contribution in [0.1, 0.15) is 73.3 Å². The van der Waals surface area contributed by atoms with Gasteiger partial charge in [-0.15, -0.1) is 0 Å². The van der Waals surface area contributed by atoms with Crippen molar-refractivity contribution in [2.45, 2.75) is 58.4 Å². The van der Waals surface area contributed by atoms with Crippen molar-refractivity contribution in [1.82, 2.24) is 15.2 Å². The zero-order valence-electron chi connectivity index (χ0n) is 13.7. The normalized spacial score (nSPS) is 17.8. The molecule has 1 saturated heterocycles. The summed E-state index contributed by atoms with van der Waals surface area (Å²) >= 11 is 0. The second-order valence-electron chi connectivity index (χ2n) is 6.05. The molecule has 1 fully saturated rings. The minimum atomic E-state index is -0.0846. The van der Waals surface area contributed by atoms with Gasteiger partial charge in [0.15, 0.2) is 5.69 Å². The van der Waals surface area contributed by atoms with Gasteiger partial charge in [0.25, 0.3) is 5.91 Å². The van der Waals surface area contributed by atoms with Gasteiger partial charge in [-0.2, -0.15) is 0 Å². The third kappa shape index (κ3) is 3.30. The first-order valence-corrected chi connectivity index (χ1v) is 8.45. The fourth-order valence-corrected chi connectivity index (χ4v) is 3.09. The van der Waals surface area contributed by atoms with Crippen molar-refractivity contribution in [3.05, 3.63) is 35.0 Å². The number of carbonyl (C=O) groups excluding carboxylic acids is 1. The minimum Gasteiger partial charge on any atom is -0.361 e. The Bertz CT molecular complexity index is 662. The third-order valence-electron chi connectivity index (χ3n) is 4.20. The van der Waals surface area contributed by atoms with Crippen LogP contribution in [0.3, 0.4) is 0 Å². The van der Waals surface area contributed by atoms with E-state index in [1.54, 1.807) is 6.07 Å². The number of aromatic nitrogens is 2. The number of hydrogen-bond acceptors (Lipinski definition) is 5. The van der Waals surface area contributed by atoms with Crippen LogP contribution in [-0.4, -0.2) is 27.7 Å². The largest absolute Gasteiger partial charge is 0.361 e.